The SMILES string of the molecule is c1ccc(N(c2ccc(C3CCCCC3)cc2)c2ccc3c4c(c5ccccc5c3c2)-c2c(cc(N(c3ccccc3)c3ccc(C5CCCCC5)cc3)c3ccccc23)C4(c2ccccc2)c2ccccc2)cc1. The molecule has 0 amide bonds. The molecule has 14 rings (SSSR count). The highest BCUT2D eigenvalue weighted by atomic mass is 15.1. The molecule has 11 aromatic rings. The molecule has 2 heteroatoms. The van der Waals surface area contributed by atoms with Crippen LogP contribution in [0.4, 0.5) is 34.1 Å². The quantitative estimate of drug-likeness (QED) is 0.126. The standard InChI is InChI=1S/C73H62N2/c1-7-23-51(24-8-1)53-39-43-59(44-40-53)74(57-31-15-5-16-32-57)61-47-48-66-67(49-61)62-35-19-21-37-64(62)71-70-65-38-22-20-36-63(65)69(50-68(70)73(72(66)71,55-27-11-3-12-28-55)56-29-13-4-14-30-56)75(58-33-17-6-18-34-58)60-45-41-54(42-46-60)52-25-9-2-10-26-52/h3-6,11-22,27-52H,1-2,7-10,23-26H2. The van der Waals surface area contributed by atoms with Gasteiger partial charge >= 0.3 is 0 Å². The molecule has 75 heavy (non-hydrogen) atoms. The molecular formula is C73H62N2. The van der Waals surface area contributed by atoms with Gasteiger partial charge in [-0.15, -0.1) is 0 Å². The van der Waals surface area contributed by atoms with Gasteiger partial charge in [-0.25, -0.2) is 0 Å². The van der Waals surface area contributed by atoms with Crippen molar-refractivity contribution >= 4 is 66.4 Å². The Morgan fingerprint density at radius 2 is 0.707 bits per heavy atom. The molecule has 0 heterocycles. The van der Waals surface area contributed by atoms with Crippen LogP contribution in [0.2, 0.25) is 0 Å². The topological polar surface area (TPSA) is 6.48 Å². The maximum atomic E-state index is 2.59. The van der Waals surface area contributed by atoms with Gasteiger partial charge in [-0.3, -0.25) is 0 Å². The van der Waals surface area contributed by atoms with Gasteiger partial charge in [0.15, 0.2) is 0 Å². The Labute approximate surface area is 442 Å². The first-order valence-corrected chi connectivity index (χ1v) is 27.8. The number of hydrogen-bond acceptors (Lipinski definition) is 2. The van der Waals surface area contributed by atoms with Crippen molar-refractivity contribution in [3.05, 3.63) is 276 Å². The van der Waals surface area contributed by atoms with Crippen molar-refractivity contribution in [2.45, 2.75) is 81.5 Å². The van der Waals surface area contributed by atoms with E-state index in [2.05, 4.69) is 252 Å². The molecule has 2 nitrogen and oxygen atoms in total. The van der Waals surface area contributed by atoms with E-state index in [9.17, 15) is 0 Å². The first-order valence-electron chi connectivity index (χ1n) is 27.8. The Kier molecular flexibility index (Phi) is 11.7. The molecule has 0 aromatic heterocycles. The van der Waals surface area contributed by atoms with E-state index in [1.54, 1.807) is 0 Å². The van der Waals surface area contributed by atoms with Crippen molar-refractivity contribution in [1.29, 1.82) is 0 Å². The maximum Gasteiger partial charge on any atom is 0.0720 e. The zero-order chi connectivity index (χ0) is 49.7. The molecule has 3 aliphatic rings. The molecule has 364 valence electrons. The second-order valence-corrected chi connectivity index (χ2v) is 21.6. The summed E-state index contributed by atoms with van der Waals surface area (Å²) in [6.45, 7) is 0. The minimum absolute atomic E-state index is 0.634. The molecule has 0 unspecified atom stereocenters. The van der Waals surface area contributed by atoms with Crippen LogP contribution in [0.1, 0.15) is 109 Å². The highest BCUT2D eigenvalue weighted by molar-refractivity contribution is 6.24. The number of hydrogen-bond donors (Lipinski definition) is 0. The maximum absolute atomic E-state index is 2.59. The minimum Gasteiger partial charge on any atom is -0.310 e. The predicted molar refractivity (Wildman–Crippen MR) is 317 cm³/mol. The predicted octanol–water partition coefficient (Wildman–Crippen LogP) is 20.5. The summed E-state index contributed by atoms with van der Waals surface area (Å²) < 4.78 is 0. The van der Waals surface area contributed by atoms with E-state index in [1.807, 2.05) is 0 Å². The molecule has 0 radical (unpaired) electrons. The van der Waals surface area contributed by atoms with Crippen molar-refractivity contribution in [3.8, 4) is 11.1 Å². The highest BCUT2D eigenvalue weighted by Crippen LogP contribution is 2.63. The average Bonchev–Trinajstić information content (AvgIpc) is 3.96. The van der Waals surface area contributed by atoms with Crippen molar-refractivity contribution in [2.24, 2.45) is 0 Å². The molecule has 3 aliphatic carbocycles. The molecule has 11 aromatic carbocycles. The molecule has 0 atom stereocenters. The number of benzene rings is 11. The summed E-state index contributed by atoms with van der Waals surface area (Å²) in [5, 5.41) is 7.53. The van der Waals surface area contributed by atoms with E-state index < -0.39 is 5.41 Å². The van der Waals surface area contributed by atoms with Crippen molar-refractivity contribution < 1.29 is 0 Å². The van der Waals surface area contributed by atoms with Crippen LogP contribution in [0.3, 0.4) is 0 Å². The van der Waals surface area contributed by atoms with Crippen LogP contribution in [-0.2, 0) is 5.41 Å². The number of rotatable bonds is 10. The van der Waals surface area contributed by atoms with Gasteiger partial charge in [0.25, 0.3) is 0 Å². The van der Waals surface area contributed by atoms with Crippen LogP contribution < -0.4 is 9.80 Å². The summed E-state index contributed by atoms with van der Waals surface area (Å²) in [6.07, 6.45) is 13.2. The number of nitrogens with zero attached hydrogens (tertiary/aromatic N) is 2. The summed E-state index contributed by atoms with van der Waals surface area (Å²) in [5.41, 5.74) is 17.0. The second-order valence-electron chi connectivity index (χ2n) is 21.6. The molecule has 2 fully saturated rings. The van der Waals surface area contributed by atoms with Gasteiger partial charge in [-0.2, -0.15) is 0 Å². The molecular weight excluding hydrogens is 905 g/mol. The van der Waals surface area contributed by atoms with Gasteiger partial charge in [0.1, 0.15) is 0 Å². The Morgan fingerprint density at radius 3 is 1.24 bits per heavy atom. The molecule has 0 spiro atoms. The van der Waals surface area contributed by atoms with E-state index >= 15 is 0 Å². The normalized spacial score (nSPS) is 15.5. The number of fused-ring (bicyclic) bond motifs is 10. The smallest absolute Gasteiger partial charge is 0.0720 e. The Hall–Kier alpha value is -8.20. The van der Waals surface area contributed by atoms with Gasteiger partial charge < -0.3 is 9.80 Å². The zero-order valence-electron chi connectivity index (χ0n) is 42.7. The second kappa shape index (κ2) is 19.3. The van der Waals surface area contributed by atoms with Crippen molar-refractivity contribution in [3.63, 3.8) is 0 Å². The molecule has 0 N–H and O–H groups in total. The van der Waals surface area contributed by atoms with E-state index in [1.165, 1.54) is 158 Å². The van der Waals surface area contributed by atoms with Gasteiger partial charge in [-0.1, -0.05) is 214 Å². The van der Waals surface area contributed by atoms with Crippen LogP contribution in [-0.4, -0.2) is 0 Å². The van der Waals surface area contributed by atoms with Gasteiger partial charge in [0, 0.05) is 33.8 Å². The third-order valence-corrected chi connectivity index (χ3v) is 17.5. The van der Waals surface area contributed by atoms with E-state index in [-0.39, 0.29) is 0 Å². The van der Waals surface area contributed by atoms with Crippen LogP contribution >= 0.6 is 0 Å². The minimum atomic E-state index is -0.697. The largest absolute Gasteiger partial charge is 0.310 e. The summed E-state index contributed by atoms with van der Waals surface area (Å²) in [6, 6.07) is 92.3. The average molecular weight is 967 g/mol. The summed E-state index contributed by atoms with van der Waals surface area (Å²) in [5.74, 6) is 1.28. The number of anilines is 6. The van der Waals surface area contributed by atoms with Crippen molar-refractivity contribution in [1.82, 2.24) is 0 Å². The van der Waals surface area contributed by atoms with Gasteiger partial charge in [-0.05, 0) is 176 Å². The fourth-order valence-corrected chi connectivity index (χ4v) is 14.0. The first-order chi connectivity index (χ1) is 37.2. The molecule has 0 bridgehead atoms. The zero-order valence-corrected chi connectivity index (χ0v) is 42.7. The van der Waals surface area contributed by atoms with E-state index in [4.69, 9.17) is 0 Å². The highest BCUT2D eigenvalue weighted by Gasteiger charge is 2.49. The lowest BCUT2D eigenvalue weighted by molar-refractivity contribution is 0.443. The Bertz CT molecular complexity index is 3780. The summed E-state index contributed by atoms with van der Waals surface area (Å²) in [4.78, 5) is 4.99. The number of para-hydroxylation sites is 2. The van der Waals surface area contributed by atoms with Crippen LogP contribution in [0, 0.1) is 0 Å². The monoisotopic (exact) mass is 966 g/mol. The molecule has 0 aliphatic heterocycles. The van der Waals surface area contributed by atoms with E-state index in [0.717, 1.165) is 17.1 Å². The van der Waals surface area contributed by atoms with E-state index in [0.29, 0.717) is 11.8 Å². The van der Waals surface area contributed by atoms with Crippen molar-refractivity contribution in [2.75, 3.05) is 9.80 Å². The lowest BCUT2D eigenvalue weighted by atomic mass is 9.66. The lowest BCUT2D eigenvalue weighted by Crippen LogP contribution is -2.29. The molecule has 0 saturated heterocycles. The summed E-state index contributed by atoms with van der Waals surface area (Å²) >= 11 is 0. The third kappa shape index (κ3) is 7.68. The van der Waals surface area contributed by atoms with Crippen LogP contribution in [0.15, 0.2) is 243 Å². The molecule has 2 saturated carbocycles. The lowest BCUT2D eigenvalue weighted by Gasteiger charge is -2.36. The van der Waals surface area contributed by atoms with Gasteiger partial charge in [0.2, 0.25) is 0 Å². The van der Waals surface area contributed by atoms with Crippen LogP contribution in [0.5, 0.6) is 0 Å². The summed E-state index contributed by atoms with van der Waals surface area (Å²) in [7, 11) is 0. The Balaban J connectivity index is 1.05. The fourth-order valence-electron chi connectivity index (χ4n) is 14.0. The fraction of sp³-hybridized carbons (Fsp3) is 0.178. The van der Waals surface area contributed by atoms with Gasteiger partial charge in [0.05, 0.1) is 11.1 Å². The van der Waals surface area contributed by atoms with Crippen LogP contribution in [0.25, 0.3) is 43.4 Å². The first kappa shape index (κ1) is 45.4. The Morgan fingerprint density at radius 1 is 0.293 bits per heavy atom. The third-order valence-electron chi connectivity index (χ3n) is 17.5.